The van der Waals surface area contributed by atoms with Crippen LogP contribution in [0.3, 0.4) is 0 Å². The van der Waals surface area contributed by atoms with Gasteiger partial charge in [0.1, 0.15) is 0 Å². The Morgan fingerprint density at radius 3 is 2.75 bits per heavy atom. The molecule has 1 aromatic rings. The van der Waals surface area contributed by atoms with E-state index in [0.29, 0.717) is 16.5 Å². The van der Waals surface area contributed by atoms with Crippen LogP contribution in [0.4, 0.5) is 0 Å². The van der Waals surface area contributed by atoms with Crippen LogP contribution in [0.1, 0.15) is 30.1 Å². The van der Waals surface area contributed by atoms with Crippen LogP contribution in [0.15, 0.2) is 22.7 Å². The van der Waals surface area contributed by atoms with Crippen molar-refractivity contribution in [1.82, 2.24) is 10.2 Å². The molecule has 5 heteroatoms. The maximum absolute atomic E-state index is 12.1. The van der Waals surface area contributed by atoms with Gasteiger partial charge in [0.2, 0.25) is 0 Å². The number of piperidine rings is 1. The number of nitrogens with one attached hydrogen (secondary N) is 1. The van der Waals surface area contributed by atoms with Gasteiger partial charge in [-0.2, -0.15) is 0 Å². The van der Waals surface area contributed by atoms with Crippen molar-refractivity contribution in [3.8, 4) is 0 Å². The molecule has 0 bridgehead atoms. The lowest BCUT2D eigenvalue weighted by Gasteiger charge is -2.31. The van der Waals surface area contributed by atoms with Crippen molar-refractivity contribution in [2.75, 3.05) is 26.2 Å². The monoisotopic (exact) mass is 358 g/mol. The lowest BCUT2D eigenvalue weighted by molar-refractivity contribution is 0.0937. The molecule has 0 radical (unpaired) electrons. The minimum absolute atomic E-state index is 0.0441. The lowest BCUT2D eigenvalue weighted by atomic mass is 9.97. The van der Waals surface area contributed by atoms with Crippen molar-refractivity contribution in [3.05, 3.63) is 33.3 Å². The summed E-state index contributed by atoms with van der Waals surface area (Å²) >= 11 is 9.33. The summed E-state index contributed by atoms with van der Waals surface area (Å²) in [6.45, 7) is 6.35. The summed E-state index contributed by atoms with van der Waals surface area (Å²) in [5.41, 5.74) is 0.615. The number of benzene rings is 1. The van der Waals surface area contributed by atoms with Crippen LogP contribution in [0, 0.1) is 5.92 Å². The number of hydrogen-bond acceptors (Lipinski definition) is 2. The Kier molecular flexibility index (Phi) is 5.87. The smallest absolute Gasteiger partial charge is 0.251 e. The van der Waals surface area contributed by atoms with Gasteiger partial charge in [0.15, 0.2) is 0 Å². The number of carbonyl (C=O) groups is 1. The van der Waals surface area contributed by atoms with Crippen molar-refractivity contribution in [1.29, 1.82) is 0 Å². The second kappa shape index (κ2) is 7.43. The molecule has 0 aliphatic carbocycles. The molecule has 0 saturated carbocycles. The molecule has 2 rings (SSSR count). The molecule has 110 valence electrons. The topological polar surface area (TPSA) is 32.3 Å². The van der Waals surface area contributed by atoms with Crippen molar-refractivity contribution in [2.24, 2.45) is 5.92 Å². The predicted octanol–water partition coefficient (Wildman–Crippen LogP) is 3.56. The number of halogens is 2. The SMILES string of the molecule is CCN1CCC(CNC(=O)c2ccc(Br)c(Cl)c2)CC1. The zero-order valence-electron chi connectivity index (χ0n) is 11.7. The second-order valence-electron chi connectivity index (χ2n) is 5.22. The highest BCUT2D eigenvalue weighted by Gasteiger charge is 2.18. The molecule has 1 aliphatic heterocycles. The number of rotatable bonds is 4. The molecule has 1 aliphatic rings. The Labute approximate surface area is 133 Å². The van der Waals surface area contributed by atoms with Crippen LogP contribution in [0.5, 0.6) is 0 Å². The average Bonchev–Trinajstić information content (AvgIpc) is 2.48. The first kappa shape index (κ1) is 15.8. The van der Waals surface area contributed by atoms with Crippen LogP contribution in [0.2, 0.25) is 5.02 Å². The number of nitrogens with zero attached hydrogens (tertiary/aromatic N) is 1. The third-order valence-electron chi connectivity index (χ3n) is 3.89. The number of carbonyl (C=O) groups excluding carboxylic acids is 1. The molecule has 20 heavy (non-hydrogen) atoms. The Hall–Kier alpha value is -0.580. The Balaban J connectivity index is 1.82. The zero-order chi connectivity index (χ0) is 14.5. The van der Waals surface area contributed by atoms with Gasteiger partial charge in [-0.3, -0.25) is 4.79 Å². The van der Waals surface area contributed by atoms with Crippen LogP contribution in [0.25, 0.3) is 0 Å². The van der Waals surface area contributed by atoms with Crippen molar-refractivity contribution < 1.29 is 4.79 Å². The summed E-state index contributed by atoms with van der Waals surface area (Å²) in [6.07, 6.45) is 2.32. The highest BCUT2D eigenvalue weighted by molar-refractivity contribution is 9.10. The van der Waals surface area contributed by atoms with Gasteiger partial charge in [-0.05, 0) is 72.5 Å². The van der Waals surface area contributed by atoms with Gasteiger partial charge in [-0.15, -0.1) is 0 Å². The number of hydrogen-bond donors (Lipinski definition) is 1. The molecular weight excluding hydrogens is 340 g/mol. The van der Waals surface area contributed by atoms with E-state index in [0.717, 1.165) is 43.5 Å². The number of amides is 1. The molecule has 1 fully saturated rings. The van der Waals surface area contributed by atoms with Crippen LogP contribution in [-0.2, 0) is 0 Å². The van der Waals surface area contributed by atoms with Crippen molar-refractivity contribution in [3.63, 3.8) is 0 Å². The van der Waals surface area contributed by atoms with E-state index in [9.17, 15) is 4.79 Å². The molecule has 1 saturated heterocycles. The van der Waals surface area contributed by atoms with Gasteiger partial charge in [0.05, 0.1) is 5.02 Å². The van der Waals surface area contributed by atoms with Crippen LogP contribution in [-0.4, -0.2) is 37.0 Å². The minimum Gasteiger partial charge on any atom is -0.352 e. The van der Waals surface area contributed by atoms with E-state index < -0.39 is 0 Å². The van der Waals surface area contributed by atoms with Gasteiger partial charge < -0.3 is 10.2 Å². The first-order chi connectivity index (χ1) is 9.60. The van der Waals surface area contributed by atoms with Gasteiger partial charge in [-0.1, -0.05) is 18.5 Å². The van der Waals surface area contributed by atoms with E-state index in [-0.39, 0.29) is 5.91 Å². The summed E-state index contributed by atoms with van der Waals surface area (Å²) in [6, 6.07) is 5.28. The second-order valence-corrected chi connectivity index (χ2v) is 6.48. The van der Waals surface area contributed by atoms with E-state index in [4.69, 9.17) is 11.6 Å². The summed E-state index contributed by atoms with van der Waals surface area (Å²) < 4.78 is 0.808. The molecule has 1 heterocycles. The summed E-state index contributed by atoms with van der Waals surface area (Å²) in [5.74, 6) is 0.546. The third-order valence-corrected chi connectivity index (χ3v) is 5.12. The quantitative estimate of drug-likeness (QED) is 0.891. The van der Waals surface area contributed by atoms with Crippen LogP contribution >= 0.6 is 27.5 Å². The fraction of sp³-hybridized carbons (Fsp3) is 0.533. The van der Waals surface area contributed by atoms with Crippen molar-refractivity contribution >= 4 is 33.4 Å². The van der Waals surface area contributed by atoms with E-state index in [1.54, 1.807) is 18.2 Å². The van der Waals surface area contributed by atoms with E-state index in [1.807, 2.05) is 0 Å². The van der Waals surface area contributed by atoms with Gasteiger partial charge in [-0.25, -0.2) is 0 Å². The van der Waals surface area contributed by atoms with E-state index >= 15 is 0 Å². The van der Waals surface area contributed by atoms with Crippen LogP contribution < -0.4 is 5.32 Å². The third kappa shape index (κ3) is 4.21. The van der Waals surface area contributed by atoms with Gasteiger partial charge >= 0.3 is 0 Å². The zero-order valence-corrected chi connectivity index (χ0v) is 14.0. The summed E-state index contributed by atoms with van der Waals surface area (Å²) in [5, 5.41) is 3.58. The first-order valence-electron chi connectivity index (χ1n) is 7.05. The fourth-order valence-corrected chi connectivity index (χ4v) is 2.91. The molecule has 0 aromatic heterocycles. The maximum atomic E-state index is 12.1. The highest BCUT2D eigenvalue weighted by Crippen LogP contribution is 2.23. The lowest BCUT2D eigenvalue weighted by Crippen LogP contribution is -2.38. The summed E-state index contributed by atoms with van der Waals surface area (Å²) in [4.78, 5) is 14.5. The highest BCUT2D eigenvalue weighted by atomic mass is 79.9. The Morgan fingerprint density at radius 2 is 2.15 bits per heavy atom. The maximum Gasteiger partial charge on any atom is 0.251 e. The Bertz CT molecular complexity index is 473. The van der Waals surface area contributed by atoms with Crippen molar-refractivity contribution in [2.45, 2.75) is 19.8 Å². The minimum atomic E-state index is -0.0441. The van der Waals surface area contributed by atoms with Gasteiger partial charge in [0, 0.05) is 16.6 Å². The van der Waals surface area contributed by atoms with E-state index in [2.05, 4.69) is 33.1 Å². The molecule has 1 amide bonds. The average molecular weight is 360 g/mol. The fourth-order valence-electron chi connectivity index (χ4n) is 2.48. The molecule has 1 N–H and O–H groups in total. The molecule has 0 unspecified atom stereocenters. The molecule has 1 aromatic carbocycles. The molecule has 0 spiro atoms. The Morgan fingerprint density at radius 1 is 1.45 bits per heavy atom. The normalized spacial score (nSPS) is 17.1. The standard InChI is InChI=1S/C15H20BrClN2O/c1-2-19-7-5-11(6-8-19)10-18-15(20)12-3-4-13(16)14(17)9-12/h3-4,9,11H,2,5-8,10H2,1H3,(H,18,20). The van der Waals surface area contributed by atoms with Gasteiger partial charge in [0.25, 0.3) is 5.91 Å². The largest absolute Gasteiger partial charge is 0.352 e. The number of likely N-dealkylation sites (tertiary alicyclic amines) is 1. The van der Waals surface area contributed by atoms with E-state index in [1.165, 1.54) is 0 Å². The molecule has 0 atom stereocenters. The summed E-state index contributed by atoms with van der Waals surface area (Å²) in [7, 11) is 0. The molecular formula is C15H20BrClN2O. The first-order valence-corrected chi connectivity index (χ1v) is 8.23. The predicted molar refractivity (Wildman–Crippen MR) is 86.3 cm³/mol. The molecule has 3 nitrogen and oxygen atoms in total.